The van der Waals surface area contributed by atoms with Gasteiger partial charge in [-0.1, -0.05) is 6.07 Å². The molecule has 0 amide bonds. The fourth-order valence-corrected chi connectivity index (χ4v) is 2.79. The van der Waals surface area contributed by atoms with Gasteiger partial charge in [0.1, 0.15) is 6.61 Å². The molecule has 9 nitrogen and oxygen atoms in total. The summed E-state index contributed by atoms with van der Waals surface area (Å²) in [5, 5.41) is 8.46. The van der Waals surface area contributed by atoms with Crippen molar-refractivity contribution in [3.05, 3.63) is 69.3 Å². The van der Waals surface area contributed by atoms with Crippen LogP contribution in [0, 0.1) is 0 Å². The molecule has 0 spiro atoms. The van der Waals surface area contributed by atoms with Crippen LogP contribution in [0.1, 0.15) is 5.82 Å². The lowest BCUT2D eigenvalue weighted by atomic mass is 10.2. The van der Waals surface area contributed by atoms with Crippen molar-refractivity contribution in [3.8, 4) is 17.1 Å². The molecule has 4 aromatic rings. The first-order chi connectivity index (χ1) is 12.7. The number of methoxy groups -OCH3 is 1. The molecule has 0 saturated carbocycles. The molecule has 9 heteroatoms. The van der Waals surface area contributed by atoms with Gasteiger partial charge in [-0.3, -0.25) is 19.1 Å². The molecule has 0 radical (unpaired) electrons. The van der Waals surface area contributed by atoms with Crippen LogP contribution in [0.4, 0.5) is 0 Å². The Morgan fingerprint density at radius 1 is 1.08 bits per heavy atom. The van der Waals surface area contributed by atoms with Crippen LogP contribution < -0.4 is 11.1 Å². The second kappa shape index (κ2) is 6.37. The zero-order valence-corrected chi connectivity index (χ0v) is 13.8. The number of hydrogen-bond donors (Lipinski definition) is 2. The van der Waals surface area contributed by atoms with Gasteiger partial charge in [0.15, 0.2) is 11.6 Å². The highest BCUT2D eigenvalue weighted by Crippen LogP contribution is 2.26. The number of fused-ring (bicyclic) bond motifs is 1. The van der Waals surface area contributed by atoms with E-state index in [0.717, 1.165) is 5.56 Å². The summed E-state index contributed by atoms with van der Waals surface area (Å²) in [7, 11) is 1.56. The highest BCUT2D eigenvalue weighted by Gasteiger charge is 2.18. The van der Waals surface area contributed by atoms with Gasteiger partial charge in [0.25, 0.3) is 0 Å². The van der Waals surface area contributed by atoms with Gasteiger partial charge in [-0.2, -0.15) is 0 Å². The normalized spacial score (nSPS) is 11.1. The zero-order valence-electron chi connectivity index (χ0n) is 13.8. The molecule has 130 valence electrons. The van der Waals surface area contributed by atoms with Gasteiger partial charge < -0.3 is 14.7 Å². The average molecular weight is 350 g/mol. The van der Waals surface area contributed by atoms with Crippen LogP contribution in [-0.4, -0.2) is 36.8 Å². The number of rotatable bonds is 4. The number of aromatic nitrogens is 6. The number of aromatic amines is 2. The molecule has 1 aromatic carbocycles. The lowest BCUT2D eigenvalue weighted by molar-refractivity contribution is 0.176. The van der Waals surface area contributed by atoms with Gasteiger partial charge in [-0.05, 0) is 24.3 Å². The molecule has 3 heterocycles. The first kappa shape index (κ1) is 15.9. The summed E-state index contributed by atoms with van der Waals surface area (Å²) in [6.45, 7) is 0.219. The zero-order chi connectivity index (χ0) is 18.1. The third kappa shape index (κ3) is 2.60. The van der Waals surface area contributed by atoms with Gasteiger partial charge in [0, 0.05) is 25.1 Å². The lowest BCUT2D eigenvalue weighted by Crippen LogP contribution is -2.29. The molecule has 0 aliphatic rings. The summed E-state index contributed by atoms with van der Waals surface area (Å²) < 4.78 is 7.00. The lowest BCUT2D eigenvalue weighted by Gasteiger charge is -2.12. The predicted octanol–water partition coefficient (Wildman–Crippen LogP) is 1.01. The van der Waals surface area contributed by atoms with E-state index >= 15 is 0 Å². The quantitative estimate of drug-likeness (QED) is 0.530. The summed E-state index contributed by atoms with van der Waals surface area (Å²) in [5.41, 5.74) is 0.913. The standard InChI is InChI=1S/C17H14N6O3/c1-26-9-13-21-22-15(10-4-3-7-18-8-10)23(13)12-6-2-5-11-14(12)20-17(25)16(24)19-11/h2-8H,9H2,1H3,(H,19,24)(H,20,25). The van der Waals surface area contributed by atoms with Crippen molar-refractivity contribution in [2.24, 2.45) is 0 Å². The molecule has 26 heavy (non-hydrogen) atoms. The van der Waals surface area contributed by atoms with Crippen LogP contribution in [0.25, 0.3) is 28.1 Å². The summed E-state index contributed by atoms with van der Waals surface area (Å²) in [4.78, 5) is 32.8. The summed E-state index contributed by atoms with van der Waals surface area (Å²) >= 11 is 0. The highest BCUT2D eigenvalue weighted by molar-refractivity contribution is 5.84. The van der Waals surface area contributed by atoms with Crippen molar-refractivity contribution in [1.29, 1.82) is 0 Å². The molecular formula is C17H14N6O3. The van der Waals surface area contributed by atoms with Crippen LogP contribution in [-0.2, 0) is 11.3 Å². The first-order valence-electron chi connectivity index (χ1n) is 7.78. The number of nitrogens with zero attached hydrogens (tertiary/aromatic N) is 4. The maximum absolute atomic E-state index is 11.8. The smallest absolute Gasteiger partial charge is 0.314 e. The Labute approximate surface area is 146 Å². The van der Waals surface area contributed by atoms with E-state index < -0.39 is 11.1 Å². The number of hydrogen-bond acceptors (Lipinski definition) is 6. The van der Waals surface area contributed by atoms with Crippen molar-refractivity contribution in [2.75, 3.05) is 7.11 Å². The van der Waals surface area contributed by atoms with Gasteiger partial charge in [-0.25, -0.2) is 0 Å². The van der Waals surface area contributed by atoms with E-state index in [-0.39, 0.29) is 6.61 Å². The second-order valence-corrected chi connectivity index (χ2v) is 5.56. The Balaban J connectivity index is 2.05. The summed E-state index contributed by atoms with van der Waals surface area (Å²) in [6, 6.07) is 8.95. The Morgan fingerprint density at radius 3 is 2.69 bits per heavy atom. The fourth-order valence-electron chi connectivity index (χ4n) is 2.79. The predicted molar refractivity (Wildman–Crippen MR) is 94.1 cm³/mol. The molecule has 4 rings (SSSR count). The molecule has 0 unspecified atom stereocenters. The van der Waals surface area contributed by atoms with Crippen LogP contribution in [0.2, 0.25) is 0 Å². The summed E-state index contributed by atoms with van der Waals surface area (Å²) in [6.07, 6.45) is 3.34. The Kier molecular flexibility index (Phi) is 3.90. The number of benzene rings is 1. The van der Waals surface area contributed by atoms with Crippen molar-refractivity contribution in [1.82, 2.24) is 29.7 Å². The van der Waals surface area contributed by atoms with E-state index in [2.05, 4.69) is 25.1 Å². The van der Waals surface area contributed by atoms with E-state index in [1.165, 1.54) is 0 Å². The average Bonchev–Trinajstić information content (AvgIpc) is 3.07. The molecule has 0 bridgehead atoms. The van der Waals surface area contributed by atoms with Crippen molar-refractivity contribution >= 4 is 11.0 Å². The molecule has 3 aromatic heterocycles. The first-order valence-corrected chi connectivity index (χ1v) is 7.78. The molecule has 2 N–H and O–H groups in total. The van der Waals surface area contributed by atoms with Gasteiger partial charge >= 0.3 is 11.1 Å². The minimum Gasteiger partial charge on any atom is -0.377 e. The Bertz CT molecular complexity index is 1190. The van der Waals surface area contributed by atoms with Gasteiger partial charge in [0.2, 0.25) is 0 Å². The summed E-state index contributed by atoms with van der Waals surface area (Å²) in [5.74, 6) is 1.09. The SMILES string of the molecule is COCc1nnc(-c2cccnc2)n1-c1cccc2[nH]c(=O)c(=O)[nH]c12. The van der Waals surface area contributed by atoms with Crippen LogP contribution in [0.15, 0.2) is 52.3 Å². The fraction of sp³-hybridized carbons (Fsp3) is 0.118. The number of para-hydroxylation sites is 1. The maximum Gasteiger partial charge on any atom is 0.314 e. The molecule has 0 aliphatic carbocycles. The van der Waals surface area contributed by atoms with E-state index in [1.807, 2.05) is 6.07 Å². The molecule has 0 aliphatic heterocycles. The van der Waals surface area contributed by atoms with Gasteiger partial charge in [0.05, 0.1) is 16.7 Å². The van der Waals surface area contributed by atoms with Crippen molar-refractivity contribution < 1.29 is 4.74 Å². The van der Waals surface area contributed by atoms with Crippen molar-refractivity contribution in [3.63, 3.8) is 0 Å². The van der Waals surface area contributed by atoms with E-state index in [4.69, 9.17) is 4.74 Å². The third-order valence-corrected chi connectivity index (χ3v) is 3.90. The van der Waals surface area contributed by atoms with Crippen molar-refractivity contribution in [2.45, 2.75) is 6.61 Å². The minimum absolute atomic E-state index is 0.219. The largest absolute Gasteiger partial charge is 0.377 e. The molecule has 0 atom stereocenters. The monoisotopic (exact) mass is 350 g/mol. The number of pyridine rings is 1. The van der Waals surface area contributed by atoms with Crippen LogP contribution >= 0.6 is 0 Å². The number of ether oxygens (including phenoxy) is 1. The van der Waals surface area contributed by atoms with Gasteiger partial charge in [-0.15, -0.1) is 10.2 Å². The van der Waals surface area contributed by atoms with E-state index in [1.54, 1.807) is 48.3 Å². The highest BCUT2D eigenvalue weighted by atomic mass is 16.5. The Hall–Kier alpha value is -3.59. The third-order valence-electron chi connectivity index (χ3n) is 3.90. The minimum atomic E-state index is -0.728. The number of H-pyrrole nitrogens is 2. The maximum atomic E-state index is 11.8. The Morgan fingerprint density at radius 2 is 1.92 bits per heavy atom. The second-order valence-electron chi connectivity index (χ2n) is 5.56. The molecule has 0 fully saturated rings. The molecule has 0 saturated heterocycles. The van der Waals surface area contributed by atoms with Crippen LogP contribution in [0.3, 0.4) is 0 Å². The van der Waals surface area contributed by atoms with E-state index in [9.17, 15) is 9.59 Å². The van der Waals surface area contributed by atoms with Crippen LogP contribution in [0.5, 0.6) is 0 Å². The number of nitrogens with one attached hydrogen (secondary N) is 2. The topological polar surface area (TPSA) is 119 Å². The van der Waals surface area contributed by atoms with E-state index in [0.29, 0.717) is 28.4 Å². The molecular weight excluding hydrogens is 336 g/mol.